The third-order valence-corrected chi connectivity index (χ3v) is 4.90. The first kappa shape index (κ1) is 19.8. The fourth-order valence-electron chi connectivity index (χ4n) is 2.54. The lowest BCUT2D eigenvalue weighted by Crippen LogP contribution is -1.99. The Morgan fingerprint density at radius 1 is 0.889 bits per heavy atom. The van der Waals surface area contributed by atoms with E-state index in [1.807, 2.05) is 38.1 Å². The third kappa shape index (κ3) is 5.26. The Morgan fingerprint density at radius 2 is 1.63 bits per heavy atom. The van der Waals surface area contributed by atoms with Crippen molar-refractivity contribution in [1.82, 2.24) is 0 Å². The maximum absolute atomic E-state index is 6.22. The van der Waals surface area contributed by atoms with E-state index in [9.17, 15) is 0 Å². The largest absolute Gasteiger partial charge is 0.488 e. The molecule has 5 heteroatoms. The molecule has 0 unspecified atom stereocenters. The molecule has 0 aliphatic carbocycles. The van der Waals surface area contributed by atoms with Crippen LogP contribution in [0, 0.1) is 13.8 Å². The van der Waals surface area contributed by atoms with Gasteiger partial charge in [0.05, 0.1) is 5.69 Å². The van der Waals surface area contributed by atoms with Gasteiger partial charge >= 0.3 is 0 Å². The third-order valence-electron chi connectivity index (χ3n) is 4.08. The van der Waals surface area contributed by atoms with Crippen LogP contribution < -0.4 is 4.74 Å². The summed E-state index contributed by atoms with van der Waals surface area (Å²) in [5.41, 5.74) is 4.84. The Labute approximate surface area is 174 Å². The van der Waals surface area contributed by atoms with E-state index >= 15 is 0 Å². The maximum Gasteiger partial charge on any atom is 0.128 e. The van der Waals surface area contributed by atoms with Gasteiger partial charge in [-0.25, -0.2) is 0 Å². The van der Waals surface area contributed by atoms with Crippen molar-refractivity contribution in [2.75, 3.05) is 0 Å². The number of hydrogen-bond donors (Lipinski definition) is 0. The highest BCUT2D eigenvalue weighted by Crippen LogP contribution is 2.27. The molecule has 0 heterocycles. The van der Waals surface area contributed by atoms with E-state index in [4.69, 9.17) is 39.5 Å². The zero-order chi connectivity index (χ0) is 19.4. The van der Waals surface area contributed by atoms with Gasteiger partial charge in [0.1, 0.15) is 12.4 Å². The van der Waals surface area contributed by atoms with Crippen LogP contribution in [0.1, 0.15) is 22.3 Å². The van der Waals surface area contributed by atoms with Gasteiger partial charge in [-0.05, 0) is 61.4 Å². The fraction of sp³-hybridized carbons (Fsp3) is 0.136. The van der Waals surface area contributed by atoms with E-state index in [0.29, 0.717) is 27.4 Å². The van der Waals surface area contributed by atoms with Gasteiger partial charge in [-0.2, -0.15) is 0 Å². The summed E-state index contributed by atoms with van der Waals surface area (Å²) in [6, 6.07) is 17.0. The highest BCUT2D eigenvalue weighted by Gasteiger charge is 2.07. The molecule has 0 atom stereocenters. The molecule has 0 radical (unpaired) electrons. The predicted molar refractivity (Wildman–Crippen MR) is 115 cm³/mol. The normalized spacial score (nSPS) is 11.1. The van der Waals surface area contributed by atoms with Crippen LogP contribution >= 0.6 is 34.8 Å². The number of hydrogen-bond acceptors (Lipinski definition) is 2. The van der Waals surface area contributed by atoms with Crippen LogP contribution in [0.4, 0.5) is 5.69 Å². The Morgan fingerprint density at radius 3 is 2.41 bits per heavy atom. The maximum atomic E-state index is 6.22. The molecule has 3 aromatic carbocycles. The highest BCUT2D eigenvalue weighted by atomic mass is 35.5. The summed E-state index contributed by atoms with van der Waals surface area (Å²) in [5.74, 6) is 0.680. The average molecular weight is 419 g/mol. The van der Waals surface area contributed by atoms with Gasteiger partial charge in [-0.15, -0.1) is 0 Å². The molecule has 0 aromatic heterocycles. The van der Waals surface area contributed by atoms with Gasteiger partial charge in [-0.3, -0.25) is 4.99 Å². The Hall–Kier alpha value is -2.00. The van der Waals surface area contributed by atoms with Crippen molar-refractivity contribution in [3.05, 3.63) is 91.9 Å². The Kier molecular flexibility index (Phi) is 6.43. The van der Waals surface area contributed by atoms with Gasteiger partial charge in [-0.1, -0.05) is 53.0 Å². The van der Waals surface area contributed by atoms with Crippen LogP contribution in [0.3, 0.4) is 0 Å². The van der Waals surface area contributed by atoms with Crippen molar-refractivity contribution in [2.45, 2.75) is 20.5 Å². The van der Waals surface area contributed by atoms with E-state index in [0.717, 1.165) is 27.9 Å². The molecule has 27 heavy (non-hydrogen) atoms. The summed E-state index contributed by atoms with van der Waals surface area (Å²) >= 11 is 18.3. The van der Waals surface area contributed by atoms with Crippen molar-refractivity contribution >= 4 is 46.7 Å². The van der Waals surface area contributed by atoms with Crippen LogP contribution in [0.2, 0.25) is 15.1 Å². The number of aliphatic imine (C=N–C) groups is 1. The molecule has 0 spiro atoms. The summed E-state index contributed by atoms with van der Waals surface area (Å²) < 4.78 is 5.96. The lowest BCUT2D eigenvalue weighted by molar-refractivity contribution is 0.306. The average Bonchev–Trinajstić information content (AvgIpc) is 2.63. The first-order valence-corrected chi connectivity index (χ1v) is 9.53. The van der Waals surface area contributed by atoms with Crippen LogP contribution in [-0.4, -0.2) is 6.21 Å². The number of nitrogens with zero attached hydrogens (tertiary/aromatic N) is 1. The standard InChI is InChI=1S/C22H18Cl3NO/c1-14-3-4-15(2)21(9-14)26-12-17-10-18(23)7-8-22(17)27-13-16-5-6-19(24)11-20(16)25/h3-12H,13H2,1-2H3. The van der Waals surface area contributed by atoms with Gasteiger partial charge in [0.25, 0.3) is 0 Å². The van der Waals surface area contributed by atoms with E-state index in [-0.39, 0.29) is 0 Å². The molecule has 0 saturated carbocycles. The molecular weight excluding hydrogens is 401 g/mol. The monoisotopic (exact) mass is 417 g/mol. The SMILES string of the molecule is Cc1ccc(C)c(N=Cc2cc(Cl)ccc2OCc2ccc(Cl)cc2Cl)c1. The molecule has 0 aliphatic heterocycles. The highest BCUT2D eigenvalue weighted by molar-refractivity contribution is 6.35. The van der Waals surface area contributed by atoms with Gasteiger partial charge in [0, 0.05) is 32.4 Å². The number of halogens is 3. The molecule has 138 valence electrons. The molecule has 3 aromatic rings. The molecule has 0 fully saturated rings. The van der Waals surface area contributed by atoms with Gasteiger partial charge < -0.3 is 4.74 Å². The lowest BCUT2D eigenvalue weighted by Gasteiger charge is -2.11. The number of aryl methyl sites for hydroxylation is 2. The summed E-state index contributed by atoms with van der Waals surface area (Å²) in [4.78, 5) is 4.62. The van der Waals surface area contributed by atoms with Crippen molar-refractivity contribution < 1.29 is 4.74 Å². The Bertz CT molecular complexity index is 999. The summed E-state index contributed by atoms with van der Waals surface area (Å²) in [7, 11) is 0. The molecule has 0 bridgehead atoms. The quantitative estimate of drug-likeness (QED) is 0.391. The van der Waals surface area contributed by atoms with Gasteiger partial charge in [0.2, 0.25) is 0 Å². The smallest absolute Gasteiger partial charge is 0.128 e. The number of benzene rings is 3. The van der Waals surface area contributed by atoms with Crippen molar-refractivity contribution in [3.63, 3.8) is 0 Å². The van der Waals surface area contributed by atoms with E-state index in [2.05, 4.69) is 17.1 Å². The molecule has 3 rings (SSSR count). The molecule has 0 amide bonds. The first-order valence-electron chi connectivity index (χ1n) is 8.40. The van der Waals surface area contributed by atoms with Crippen molar-refractivity contribution in [2.24, 2.45) is 4.99 Å². The van der Waals surface area contributed by atoms with Crippen molar-refractivity contribution in [1.29, 1.82) is 0 Å². The van der Waals surface area contributed by atoms with E-state index in [1.165, 1.54) is 0 Å². The minimum atomic E-state index is 0.321. The second-order valence-electron chi connectivity index (χ2n) is 6.25. The molecule has 0 saturated heterocycles. The fourth-order valence-corrected chi connectivity index (χ4v) is 3.19. The second-order valence-corrected chi connectivity index (χ2v) is 7.53. The zero-order valence-corrected chi connectivity index (χ0v) is 17.2. The number of rotatable bonds is 5. The Balaban J connectivity index is 1.84. The zero-order valence-electron chi connectivity index (χ0n) is 15.0. The molecular formula is C22H18Cl3NO. The molecule has 0 N–H and O–H groups in total. The second kappa shape index (κ2) is 8.79. The van der Waals surface area contributed by atoms with Crippen LogP contribution in [0.5, 0.6) is 5.75 Å². The van der Waals surface area contributed by atoms with E-state index in [1.54, 1.807) is 24.4 Å². The summed E-state index contributed by atoms with van der Waals surface area (Å²) in [6.45, 7) is 4.40. The minimum absolute atomic E-state index is 0.321. The first-order chi connectivity index (χ1) is 12.9. The molecule has 0 aliphatic rings. The number of ether oxygens (including phenoxy) is 1. The molecule has 2 nitrogen and oxygen atoms in total. The predicted octanol–water partition coefficient (Wildman–Crippen LogP) is 7.59. The van der Waals surface area contributed by atoms with Crippen LogP contribution in [-0.2, 0) is 6.61 Å². The lowest BCUT2D eigenvalue weighted by atomic mass is 10.1. The topological polar surface area (TPSA) is 21.6 Å². The van der Waals surface area contributed by atoms with E-state index < -0.39 is 0 Å². The van der Waals surface area contributed by atoms with Gasteiger partial charge in [0.15, 0.2) is 0 Å². The summed E-state index contributed by atoms with van der Waals surface area (Å²) in [5, 5.41) is 1.79. The van der Waals surface area contributed by atoms with Crippen LogP contribution in [0.15, 0.2) is 59.6 Å². The van der Waals surface area contributed by atoms with Crippen LogP contribution in [0.25, 0.3) is 0 Å². The minimum Gasteiger partial charge on any atom is -0.488 e. The van der Waals surface area contributed by atoms with Crippen molar-refractivity contribution in [3.8, 4) is 5.75 Å². The summed E-state index contributed by atoms with van der Waals surface area (Å²) in [6.07, 6.45) is 1.77.